The van der Waals surface area contributed by atoms with Crippen molar-refractivity contribution < 1.29 is 28.2 Å². The third-order valence-corrected chi connectivity index (χ3v) is 8.04. The molecule has 12 heteroatoms. The van der Waals surface area contributed by atoms with Crippen LogP contribution in [0.15, 0.2) is 27.8 Å². The maximum absolute atomic E-state index is 14.3. The number of carbonyl (C=O) groups is 2. The number of thiophene rings is 1. The molecule has 0 spiro atoms. The number of carbonyl (C=O) groups excluding carboxylic acids is 2. The highest BCUT2D eigenvalue weighted by Gasteiger charge is 2.36. The SMILES string of the molecule is CCOC(=O)c1sc2c(c1C)c(=O)n(C(C)(C)C(=O)CC(C)C)c(=O)n2C[C@H](OCC#N)c1cc(F)ccc1OC. The van der Waals surface area contributed by atoms with Crippen LogP contribution in [0.1, 0.15) is 67.9 Å². The van der Waals surface area contributed by atoms with Gasteiger partial charge in [-0.05, 0) is 57.4 Å². The third kappa shape index (κ3) is 6.26. The number of ether oxygens (including phenoxy) is 3. The first-order chi connectivity index (χ1) is 19.3. The van der Waals surface area contributed by atoms with E-state index in [0.717, 1.165) is 15.9 Å². The minimum Gasteiger partial charge on any atom is -0.496 e. The normalized spacial score (nSPS) is 12.4. The van der Waals surface area contributed by atoms with Gasteiger partial charge in [0.25, 0.3) is 5.56 Å². The van der Waals surface area contributed by atoms with Crippen molar-refractivity contribution in [3.63, 3.8) is 0 Å². The van der Waals surface area contributed by atoms with Gasteiger partial charge in [-0.3, -0.25) is 14.2 Å². The molecule has 3 rings (SSSR count). The quantitative estimate of drug-likeness (QED) is 0.284. The molecule has 0 aliphatic carbocycles. The van der Waals surface area contributed by atoms with E-state index in [0.29, 0.717) is 5.56 Å². The lowest BCUT2D eigenvalue weighted by atomic mass is 9.91. The molecule has 3 aromatic rings. The topological polar surface area (TPSA) is 130 Å². The fourth-order valence-electron chi connectivity index (χ4n) is 4.64. The molecule has 41 heavy (non-hydrogen) atoms. The second kappa shape index (κ2) is 12.8. The van der Waals surface area contributed by atoms with Crippen molar-refractivity contribution in [3.8, 4) is 11.8 Å². The van der Waals surface area contributed by atoms with Gasteiger partial charge in [0, 0.05) is 12.0 Å². The Hall–Kier alpha value is -3.82. The van der Waals surface area contributed by atoms with Crippen molar-refractivity contribution in [1.29, 1.82) is 5.26 Å². The van der Waals surface area contributed by atoms with Gasteiger partial charge < -0.3 is 14.2 Å². The number of methoxy groups -OCH3 is 1. The summed E-state index contributed by atoms with van der Waals surface area (Å²) < 4.78 is 32.8. The highest BCUT2D eigenvalue weighted by atomic mass is 32.1. The van der Waals surface area contributed by atoms with Gasteiger partial charge in [-0.15, -0.1) is 11.3 Å². The van der Waals surface area contributed by atoms with Crippen molar-refractivity contribution in [3.05, 3.63) is 60.9 Å². The number of ketones is 1. The zero-order valence-electron chi connectivity index (χ0n) is 24.2. The molecule has 0 saturated carbocycles. The maximum atomic E-state index is 14.3. The molecule has 1 atom stereocenters. The minimum absolute atomic E-state index is 0.0223. The number of Topliss-reactive ketones (excluding diaryl/α,β-unsaturated/α-hetero) is 1. The first-order valence-corrected chi connectivity index (χ1v) is 13.9. The van der Waals surface area contributed by atoms with Crippen molar-refractivity contribution >= 4 is 33.3 Å². The summed E-state index contributed by atoms with van der Waals surface area (Å²) in [4.78, 5) is 54.5. The number of hydrogen-bond acceptors (Lipinski definition) is 9. The van der Waals surface area contributed by atoms with Gasteiger partial charge in [0.2, 0.25) is 0 Å². The average Bonchev–Trinajstić information content (AvgIpc) is 3.25. The van der Waals surface area contributed by atoms with Gasteiger partial charge in [-0.25, -0.2) is 18.5 Å². The van der Waals surface area contributed by atoms with Gasteiger partial charge in [0.05, 0.1) is 31.7 Å². The highest BCUT2D eigenvalue weighted by molar-refractivity contribution is 7.20. The maximum Gasteiger partial charge on any atom is 0.348 e. The van der Waals surface area contributed by atoms with Crippen molar-refractivity contribution in [2.75, 3.05) is 20.3 Å². The fourth-order valence-corrected chi connectivity index (χ4v) is 5.83. The largest absolute Gasteiger partial charge is 0.496 e. The second-order valence-corrected chi connectivity index (χ2v) is 11.4. The van der Waals surface area contributed by atoms with E-state index in [4.69, 9.17) is 14.2 Å². The number of aryl methyl sites for hydroxylation is 1. The van der Waals surface area contributed by atoms with Gasteiger partial charge in [0.15, 0.2) is 5.78 Å². The van der Waals surface area contributed by atoms with Crippen LogP contribution in [0.25, 0.3) is 10.2 Å². The third-order valence-electron chi connectivity index (χ3n) is 6.74. The average molecular weight is 588 g/mol. The lowest BCUT2D eigenvalue weighted by Crippen LogP contribution is -2.53. The van der Waals surface area contributed by atoms with E-state index in [9.17, 15) is 28.8 Å². The van der Waals surface area contributed by atoms with Gasteiger partial charge in [-0.1, -0.05) is 13.8 Å². The van der Waals surface area contributed by atoms with E-state index in [1.165, 1.54) is 43.7 Å². The molecule has 0 fully saturated rings. The van der Waals surface area contributed by atoms with Gasteiger partial charge in [0.1, 0.15) is 39.5 Å². The molecule has 0 N–H and O–H groups in total. The molecule has 220 valence electrons. The lowest BCUT2D eigenvalue weighted by molar-refractivity contribution is -0.127. The van der Waals surface area contributed by atoms with E-state index in [1.54, 1.807) is 13.8 Å². The van der Waals surface area contributed by atoms with E-state index >= 15 is 0 Å². The summed E-state index contributed by atoms with van der Waals surface area (Å²) in [5.41, 5.74) is -2.53. The summed E-state index contributed by atoms with van der Waals surface area (Å²) in [6.07, 6.45) is -0.947. The predicted molar refractivity (Wildman–Crippen MR) is 152 cm³/mol. The monoisotopic (exact) mass is 587 g/mol. The van der Waals surface area contributed by atoms with Crippen LogP contribution in [0.3, 0.4) is 0 Å². The Morgan fingerprint density at radius 3 is 2.49 bits per heavy atom. The van der Waals surface area contributed by atoms with Crippen LogP contribution in [-0.2, 0) is 26.4 Å². The number of halogens is 1. The molecule has 0 bridgehead atoms. The molecule has 0 radical (unpaired) electrons. The first kappa shape index (κ1) is 31.7. The van der Waals surface area contributed by atoms with Crippen LogP contribution in [0.4, 0.5) is 4.39 Å². The number of nitrogens with zero attached hydrogens (tertiary/aromatic N) is 3. The Morgan fingerprint density at radius 2 is 1.90 bits per heavy atom. The van der Waals surface area contributed by atoms with Gasteiger partial charge >= 0.3 is 11.7 Å². The van der Waals surface area contributed by atoms with E-state index in [1.807, 2.05) is 19.9 Å². The van der Waals surface area contributed by atoms with Crippen molar-refractivity contribution in [2.24, 2.45) is 5.92 Å². The number of hydrogen-bond donors (Lipinski definition) is 0. The van der Waals surface area contributed by atoms with Crippen LogP contribution in [-0.4, -0.2) is 41.2 Å². The zero-order valence-corrected chi connectivity index (χ0v) is 25.0. The first-order valence-electron chi connectivity index (χ1n) is 13.1. The smallest absolute Gasteiger partial charge is 0.348 e. The molecule has 0 aliphatic heterocycles. The Balaban J connectivity index is 2.41. The van der Waals surface area contributed by atoms with E-state index < -0.39 is 41.3 Å². The van der Waals surface area contributed by atoms with Crippen molar-refractivity contribution in [1.82, 2.24) is 9.13 Å². The molecule has 2 aromatic heterocycles. The van der Waals surface area contributed by atoms with Crippen LogP contribution in [0, 0.1) is 30.0 Å². The van der Waals surface area contributed by atoms with E-state index in [-0.39, 0.29) is 57.7 Å². The summed E-state index contributed by atoms with van der Waals surface area (Å²) in [6.45, 7) is 9.37. The summed E-state index contributed by atoms with van der Waals surface area (Å²) in [5.74, 6) is -1.33. The molecule has 2 heterocycles. The Labute approximate surface area is 240 Å². The Bertz CT molecular complexity index is 1630. The molecule has 1 aromatic carbocycles. The Morgan fingerprint density at radius 1 is 1.22 bits per heavy atom. The summed E-state index contributed by atoms with van der Waals surface area (Å²) in [6, 6.07) is 5.65. The summed E-state index contributed by atoms with van der Waals surface area (Å²) in [5, 5.41) is 9.30. The van der Waals surface area contributed by atoms with Crippen LogP contribution in [0.2, 0.25) is 0 Å². The Kier molecular flexibility index (Phi) is 9.89. The van der Waals surface area contributed by atoms with Crippen molar-refractivity contribution in [2.45, 2.75) is 66.2 Å². The number of fused-ring (bicyclic) bond motifs is 1. The molecule has 0 unspecified atom stereocenters. The van der Waals surface area contributed by atoms with E-state index in [2.05, 4.69) is 0 Å². The molecule has 0 amide bonds. The lowest BCUT2D eigenvalue weighted by Gasteiger charge is -2.28. The number of esters is 1. The molecule has 10 nitrogen and oxygen atoms in total. The minimum atomic E-state index is -1.54. The molecule has 0 saturated heterocycles. The van der Waals surface area contributed by atoms with Crippen LogP contribution >= 0.6 is 11.3 Å². The molecular weight excluding hydrogens is 553 g/mol. The number of aromatic nitrogens is 2. The predicted octanol–water partition coefficient (Wildman–Crippen LogP) is 4.49. The highest BCUT2D eigenvalue weighted by Crippen LogP contribution is 2.33. The van der Waals surface area contributed by atoms with Crippen LogP contribution in [0.5, 0.6) is 5.75 Å². The standard InChI is InChI=1S/C29H34FN3O7S/c1-8-39-27(36)24-17(4)23-25(35)33(29(5,6)22(34)13-16(2)3)28(37)32(26(23)41-24)15-21(40-12-11-31)19-14-18(30)9-10-20(19)38-7/h9-10,14,16,21H,8,12-13,15H2,1-7H3/t21-/m0/s1. The fraction of sp³-hybridized carbons (Fsp3) is 0.483. The number of benzene rings is 1. The van der Waals surface area contributed by atoms with Crippen LogP contribution < -0.4 is 16.0 Å². The zero-order chi connectivity index (χ0) is 30.6. The summed E-state index contributed by atoms with van der Waals surface area (Å²) in [7, 11) is 1.39. The van der Waals surface area contributed by atoms with Gasteiger partial charge in [-0.2, -0.15) is 5.26 Å². The number of rotatable bonds is 12. The molecule has 0 aliphatic rings. The second-order valence-electron chi connectivity index (χ2n) is 10.4. The summed E-state index contributed by atoms with van der Waals surface area (Å²) >= 11 is 0.904. The molecular formula is C29H34FN3O7S. The number of nitriles is 1.